The maximum Gasteiger partial charge on any atom is 0.251 e. The molecule has 12 heteroatoms. The van der Waals surface area contributed by atoms with Crippen molar-refractivity contribution >= 4 is 50.5 Å². The van der Waals surface area contributed by atoms with Crippen LogP contribution < -0.4 is 30.5 Å². The van der Waals surface area contributed by atoms with E-state index in [1.54, 1.807) is 36.4 Å². The van der Waals surface area contributed by atoms with Gasteiger partial charge in [-0.25, -0.2) is 13.1 Å². The minimum absolute atomic E-state index is 0.00495. The number of sulfonamides is 1. The molecule has 3 amide bonds. The molecule has 4 N–H and O–H groups in total. The van der Waals surface area contributed by atoms with Gasteiger partial charge >= 0.3 is 0 Å². The quantitative estimate of drug-likeness (QED) is 0.118. The first-order valence-corrected chi connectivity index (χ1v) is 19.8. The zero-order valence-electron chi connectivity index (χ0n) is 30.6. The predicted molar refractivity (Wildman–Crippen MR) is 210 cm³/mol. The average Bonchev–Trinajstić information content (AvgIpc) is 3.16. The summed E-state index contributed by atoms with van der Waals surface area (Å²) >= 11 is 0. The van der Waals surface area contributed by atoms with Crippen LogP contribution >= 0.6 is 0 Å². The zero-order chi connectivity index (χ0) is 37.7. The second-order valence-corrected chi connectivity index (χ2v) is 15.4. The second-order valence-electron chi connectivity index (χ2n) is 13.7. The van der Waals surface area contributed by atoms with Gasteiger partial charge in [-0.1, -0.05) is 50.2 Å². The number of para-hydroxylation sites is 2. The molecule has 11 nitrogen and oxygen atoms in total. The van der Waals surface area contributed by atoms with E-state index >= 15 is 0 Å². The Hall–Kier alpha value is -5.20. The van der Waals surface area contributed by atoms with Gasteiger partial charge in [0, 0.05) is 66.3 Å². The molecule has 0 aliphatic carbocycles. The molecule has 53 heavy (non-hydrogen) atoms. The monoisotopic (exact) mass is 736 g/mol. The number of nitrogens with zero attached hydrogens (tertiary/aromatic N) is 2. The van der Waals surface area contributed by atoms with Crippen molar-refractivity contribution < 1.29 is 22.8 Å². The summed E-state index contributed by atoms with van der Waals surface area (Å²) in [6, 6.07) is 29.6. The van der Waals surface area contributed by atoms with Crippen molar-refractivity contribution in [2.24, 2.45) is 0 Å². The van der Waals surface area contributed by atoms with Gasteiger partial charge in [-0.3, -0.25) is 14.4 Å². The molecule has 0 saturated heterocycles. The zero-order valence-corrected chi connectivity index (χ0v) is 31.5. The molecule has 0 spiro atoms. The molecular weight excluding hydrogens is 689 g/mol. The lowest BCUT2D eigenvalue weighted by Crippen LogP contribution is -2.44. The Labute approximate surface area is 312 Å². The molecule has 4 atom stereocenters. The minimum atomic E-state index is -3.81. The SMILES string of the molecule is CCC(=O)N1c2ccccc2[C@H](Nc2ccc(C(=O)NCCNS(=O)(=O)c3ccc(N[C@@H]4C[C@H](C)N(C(=O)CC)c5ccccc54)cc3)cc2)C[C@@H]1C. The molecule has 6 rings (SSSR count). The van der Waals surface area contributed by atoms with E-state index in [1.807, 2.05) is 91.2 Å². The lowest BCUT2D eigenvalue weighted by molar-refractivity contribution is -0.119. The largest absolute Gasteiger partial charge is 0.378 e. The van der Waals surface area contributed by atoms with Crippen molar-refractivity contribution in [3.05, 3.63) is 114 Å². The molecule has 0 radical (unpaired) electrons. The Bertz CT molecular complexity index is 2050. The smallest absolute Gasteiger partial charge is 0.251 e. The molecule has 0 fully saturated rings. The Morgan fingerprint density at radius 2 is 1.09 bits per heavy atom. The Kier molecular flexibility index (Phi) is 11.5. The van der Waals surface area contributed by atoms with E-state index in [0.29, 0.717) is 24.8 Å². The fraction of sp³-hybridized carbons (Fsp3) is 0.341. The van der Waals surface area contributed by atoms with Crippen LogP contribution in [0.2, 0.25) is 0 Å². The predicted octanol–water partition coefficient (Wildman–Crippen LogP) is 6.77. The third kappa shape index (κ3) is 8.23. The second kappa shape index (κ2) is 16.2. The highest BCUT2D eigenvalue weighted by molar-refractivity contribution is 7.89. The maximum atomic E-state index is 13.0. The number of benzene rings is 4. The normalized spacial score (nSPS) is 19.5. The Morgan fingerprint density at radius 1 is 0.642 bits per heavy atom. The van der Waals surface area contributed by atoms with Crippen LogP contribution in [0.25, 0.3) is 0 Å². The number of carbonyl (C=O) groups excluding carboxylic acids is 3. The van der Waals surface area contributed by atoms with Gasteiger partial charge in [0.05, 0.1) is 17.0 Å². The van der Waals surface area contributed by atoms with Crippen LogP contribution in [0.5, 0.6) is 0 Å². The molecule has 0 saturated carbocycles. The van der Waals surface area contributed by atoms with E-state index in [2.05, 4.69) is 27.6 Å². The Balaban J connectivity index is 0.994. The highest BCUT2D eigenvalue weighted by Gasteiger charge is 2.34. The van der Waals surface area contributed by atoms with Crippen LogP contribution in [0.15, 0.2) is 102 Å². The fourth-order valence-electron chi connectivity index (χ4n) is 7.40. The molecule has 2 aliphatic heterocycles. The number of hydrogen-bond donors (Lipinski definition) is 4. The lowest BCUT2D eigenvalue weighted by atomic mass is 9.91. The summed E-state index contributed by atoms with van der Waals surface area (Å²) in [6.07, 6.45) is 2.34. The molecule has 0 unspecified atom stereocenters. The number of carbonyl (C=O) groups is 3. The lowest BCUT2D eigenvalue weighted by Gasteiger charge is -2.40. The first-order valence-electron chi connectivity index (χ1n) is 18.3. The van der Waals surface area contributed by atoms with Crippen LogP contribution in [0, 0.1) is 0 Å². The van der Waals surface area contributed by atoms with Gasteiger partial charge in [0.1, 0.15) is 0 Å². The molecular formula is C41H48N6O5S. The number of amides is 3. The standard InChI is InChI=1S/C41H48N6O5S/c1-5-39(48)46-27(3)25-35(33-11-7-9-13-37(33)46)44-30-17-15-29(16-18-30)41(50)42-23-24-43-53(51,52)32-21-19-31(20-22-32)45-36-26-28(4)47(40(49)6-2)38-14-10-8-12-34(36)38/h7-22,27-28,35-36,43-45H,5-6,23-26H2,1-4H3,(H,42,50)/t27-,28-,35+,36+/m0/s1. The molecule has 2 aliphatic rings. The van der Waals surface area contributed by atoms with Gasteiger partial charge in [-0.15, -0.1) is 0 Å². The van der Waals surface area contributed by atoms with E-state index in [9.17, 15) is 22.8 Å². The molecule has 2 heterocycles. The van der Waals surface area contributed by atoms with E-state index in [1.165, 1.54) is 0 Å². The number of nitrogens with one attached hydrogen (secondary N) is 4. The number of anilines is 4. The van der Waals surface area contributed by atoms with Crippen molar-refractivity contribution in [2.45, 2.75) is 82.4 Å². The van der Waals surface area contributed by atoms with Gasteiger partial charge in [-0.05, 0) is 98.5 Å². The van der Waals surface area contributed by atoms with Gasteiger partial charge in [0.2, 0.25) is 21.8 Å². The van der Waals surface area contributed by atoms with E-state index in [-0.39, 0.29) is 59.9 Å². The summed E-state index contributed by atoms with van der Waals surface area (Å²) in [5.74, 6) is -0.118. The van der Waals surface area contributed by atoms with Crippen molar-refractivity contribution in [1.82, 2.24) is 10.0 Å². The van der Waals surface area contributed by atoms with Crippen molar-refractivity contribution in [3.8, 4) is 0 Å². The van der Waals surface area contributed by atoms with Crippen molar-refractivity contribution in [3.63, 3.8) is 0 Å². The van der Waals surface area contributed by atoms with Gasteiger partial charge in [0.15, 0.2) is 0 Å². The van der Waals surface area contributed by atoms with Crippen LogP contribution in [0.4, 0.5) is 22.7 Å². The molecule has 4 aromatic rings. The van der Waals surface area contributed by atoms with Crippen LogP contribution in [-0.2, 0) is 19.6 Å². The molecule has 4 aromatic carbocycles. The highest BCUT2D eigenvalue weighted by Crippen LogP contribution is 2.40. The average molecular weight is 737 g/mol. The minimum Gasteiger partial charge on any atom is -0.378 e. The van der Waals surface area contributed by atoms with E-state index in [0.717, 1.165) is 40.3 Å². The van der Waals surface area contributed by atoms with Crippen molar-refractivity contribution in [1.29, 1.82) is 0 Å². The topological polar surface area (TPSA) is 140 Å². The van der Waals surface area contributed by atoms with E-state index < -0.39 is 10.0 Å². The third-order valence-corrected chi connectivity index (χ3v) is 11.5. The van der Waals surface area contributed by atoms with Gasteiger partial charge in [0.25, 0.3) is 5.91 Å². The molecule has 0 aromatic heterocycles. The fourth-order valence-corrected chi connectivity index (χ4v) is 8.43. The highest BCUT2D eigenvalue weighted by atomic mass is 32.2. The molecule has 278 valence electrons. The summed E-state index contributed by atoms with van der Waals surface area (Å²) in [4.78, 5) is 42.1. The summed E-state index contributed by atoms with van der Waals surface area (Å²) in [6.45, 7) is 7.98. The van der Waals surface area contributed by atoms with Crippen LogP contribution in [0.3, 0.4) is 0 Å². The first kappa shape index (κ1) is 37.6. The van der Waals surface area contributed by atoms with Crippen molar-refractivity contribution in [2.75, 3.05) is 33.5 Å². The maximum absolute atomic E-state index is 13.0. The number of rotatable bonds is 12. The summed E-state index contributed by atoms with van der Waals surface area (Å²) in [5, 5.41) is 9.88. The van der Waals surface area contributed by atoms with Crippen LogP contribution in [0.1, 0.15) is 86.9 Å². The third-order valence-electron chi connectivity index (χ3n) is 10.0. The summed E-state index contributed by atoms with van der Waals surface area (Å²) in [7, 11) is -3.81. The van der Waals surface area contributed by atoms with E-state index in [4.69, 9.17) is 0 Å². The van der Waals surface area contributed by atoms with Gasteiger partial charge in [-0.2, -0.15) is 0 Å². The number of hydrogen-bond acceptors (Lipinski definition) is 7. The number of fused-ring (bicyclic) bond motifs is 2. The summed E-state index contributed by atoms with van der Waals surface area (Å²) < 4.78 is 28.6. The van der Waals surface area contributed by atoms with Gasteiger partial charge < -0.3 is 25.8 Å². The van der Waals surface area contributed by atoms with Crippen LogP contribution in [-0.4, -0.2) is 51.3 Å². The first-order chi connectivity index (χ1) is 25.5. The summed E-state index contributed by atoms with van der Waals surface area (Å²) in [5.41, 5.74) is 5.99. The molecule has 0 bridgehead atoms. The Morgan fingerprint density at radius 3 is 1.57 bits per heavy atom.